The average Bonchev–Trinajstić information content (AvgIpc) is 3.12. The number of nitrogens with zero attached hydrogens (tertiary/aromatic N) is 2. The van der Waals surface area contributed by atoms with Crippen LogP contribution in [0.25, 0.3) is 16.6 Å². The van der Waals surface area contributed by atoms with Crippen LogP contribution in [0.3, 0.4) is 0 Å². The highest BCUT2D eigenvalue weighted by Crippen LogP contribution is 2.28. The van der Waals surface area contributed by atoms with Gasteiger partial charge in [-0.2, -0.15) is 5.26 Å². The van der Waals surface area contributed by atoms with Gasteiger partial charge < -0.3 is 14.8 Å². The van der Waals surface area contributed by atoms with Crippen LogP contribution < -0.4 is 0 Å². The summed E-state index contributed by atoms with van der Waals surface area (Å²) in [5.74, 6) is -0.497. The minimum Gasteiger partial charge on any atom is -0.507 e. The first-order valence-electron chi connectivity index (χ1n) is 8.71. The molecule has 0 radical (unpaired) electrons. The number of aliphatic hydroxyl groups is 1. The first-order chi connectivity index (χ1) is 13.9. The highest BCUT2D eigenvalue weighted by atomic mass is 79.9. The molecule has 0 aliphatic carbocycles. The van der Waals surface area contributed by atoms with Gasteiger partial charge in [-0.15, -0.1) is 11.8 Å². The maximum Gasteiger partial charge on any atom is 0.316 e. The molecule has 0 fully saturated rings. The number of allylic oxidation sites excluding steroid dienone is 1. The van der Waals surface area contributed by atoms with E-state index in [2.05, 4.69) is 25.9 Å². The summed E-state index contributed by atoms with van der Waals surface area (Å²) in [4.78, 5) is 20.3. The number of esters is 1. The van der Waals surface area contributed by atoms with Crippen LogP contribution in [0.1, 0.15) is 17.0 Å². The molecule has 3 rings (SSSR count). The molecular formula is C21H18BrN3O3S. The molecule has 2 aromatic carbocycles. The average molecular weight is 472 g/mol. The smallest absolute Gasteiger partial charge is 0.316 e. The fourth-order valence-corrected chi connectivity index (χ4v) is 4.00. The maximum atomic E-state index is 12.1. The predicted molar refractivity (Wildman–Crippen MR) is 117 cm³/mol. The van der Waals surface area contributed by atoms with E-state index < -0.39 is 12.6 Å². The quantitative estimate of drug-likeness (QED) is 0.225. The number of aromatic nitrogens is 2. The van der Waals surface area contributed by atoms with E-state index in [4.69, 9.17) is 4.74 Å². The highest BCUT2D eigenvalue weighted by molar-refractivity contribution is 9.10. The number of aromatic amines is 1. The zero-order valence-corrected chi connectivity index (χ0v) is 18.2. The minimum atomic E-state index is -0.483. The van der Waals surface area contributed by atoms with Crippen molar-refractivity contribution in [3.63, 3.8) is 0 Å². The summed E-state index contributed by atoms with van der Waals surface area (Å²) in [6.45, 7) is 3.56. The molecule has 0 amide bonds. The summed E-state index contributed by atoms with van der Waals surface area (Å²) in [6.07, 6.45) is 0. The Morgan fingerprint density at radius 3 is 2.79 bits per heavy atom. The zero-order chi connectivity index (χ0) is 21.0. The fourth-order valence-electron chi connectivity index (χ4n) is 2.63. The number of carbonyl (C=O) groups is 1. The van der Waals surface area contributed by atoms with Gasteiger partial charge in [0.15, 0.2) is 11.6 Å². The number of carbonyl (C=O) groups excluding carboxylic acids is 1. The second-order valence-electron chi connectivity index (χ2n) is 6.35. The molecule has 1 aromatic heterocycles. The normalized spacial score (nSPS) is 11.8. The number of aryl methyl sites for hydroxylation is 2. The van der Waals surface area contributed by atoms with Crippen LogP contribution in [-0.2, 0) is 9.53 Å². The van der Waals surface area contributed by atoms with Gasteiger partial charge >= 0.3 is 5.97 Å². The van der Waals surface area contributed by atoms with Crippen molar-refractivity contribution in [1.29, 1.82) is 5.26 Å². The number of H-pyrrole nitrogens is 1. The Morgan fingerprint density at radius 2 is 2.07 bits per heavy atom. The third kappa shape index (κ3) is 5.00. The number of rotatable bonds is 6. The molecule has 6 nitrogen and oxygen atoms in total. The molecule has 3 aromatic rings. The molecule has 148 valence electrons. The van der Waals surface area contributed by atoms with Gasteiger partial charge in [0.05, 0.1) is 16.8 Å². The number of hydrogen-bond acceptors (Lipinski definition) is 6. The Kier molecular flexibility index (Phi) is 6.62. The van der Waals surface area contributed by atoms with Gasteiger partial charge in [0.25, 0.3) is 0 Å². The number of para-hydroxylation sites is 2. The molecule has 1 heterocycles. The third-order valence-corrected chi connectivity index (χ3v) is 6.18. The molecule has 0 saturated carbocycles. The second-order valence-corrected chi connectivity index (χ2v) is 8.22. The molecule has 0 aliphatic heterocycles. The molecule has 2 N–H and O–H groups in total. The number of thioether (sulfide) groups is 1. The summed E-state index contributed by atoms with van der Waals surface area (Å²) in [6, 6.07) is 13.2. The van der Waals surface area contributed by atoms with Crippen molar-refractivity contribution in [3.05, 3.63) is 63.6 Å². The molecule has 0 saturated heterocycles. The van der Waals surface area contributed by atoms with E-state index in [-0.39, 0.29) is 22.9 Å². The number of aliphatic hydroxyl groups excluding tert-OH is 1. The van der Waals surface area contributed by atoms with Crippen LogP contribution in [-0.4, -0.2) is 33.4 Å². The standard InChI is InChI=1S/C21H18BrN3O3S/c1-12-8-19(13(2)7-15(12)22)29-11-20(27)28-10-18(26)14(9-23)21-24-16-5-3-4-6-17(16)25-21/h3-8,26H,10-11H2,1-2H3,(H,24,25). The first kappa shape index (κ1) is 21.0. The topological polar surface area (TPSA) is 99.0 Å². The van der Waals surface area contributed by atoms with Gasteiger partial charge in [-0.1, -0.05) is 28.1 Å². The van der Waals surface area contributed by atoms with Gasteiger partial charge in [0.2, 0.25) is 0 Å². The fraction of sp³-hybridized carbons (Fsp3) is 0.190. The largest absolute Gasteiger partial charge is 0.507 e. The van der Waals surface area contributed by atoms with Crippen molar-refractivity contribution >= 4 is 50.3 Å². The van der Waals surface area contributed by atoms with Crippen molar-refractivity contribution in [3.8, 4) is 6.07 Å². The van der Waals surface area contributed by atoms with Crippen LogP contribution in [0.15, 0.2) is 51.5 Å². The van der Waals surface area contributed by atoms with Crippen molar-refractivity contribution in [2.24, 2.45) is 0 Å². The van der Waals surface area contributed by atoms with Gasteiger partial charge in [0.1, 0.15) is 18.2 Å². The number of hydrogen-bond donors (Lipinski definition) is 2. The Balaban J connectivity index is 1.64. The minimum absolute atomic E-state index is 0.0546. The number of fused-ring (bicyclic) bond motifs is 1. The Morgan fingerprint density at radius 1 is 1.31 bits per heavy atom. The molecule has 0 atom stereocenters. The van der Waals surface area contributed by atoms with Gasteiger partial charge in [-0.25, -0.2) is 4.98 Å². The van der Waals surface area contributed by atoms with Crippen LogP contribution in [0.5, 0.6) is 0 Å². The lowest BCUT2D eigenvalue weighted by Crippen LogP contribution is -2.11. The van der Waals surface area contributed by atoms with Crippen molar-refractivity contribution in [1.82, 2.24) is 9.97 Å². The van der Waals surface area contributed by atoms with Gasteiger partial charge in [0, 0.05) is 9.37 Å². The summed E-state index contributed by atoms with van der Waals surface area (Å²) in [5, 5.41) is 19.6. The lowest BCUT2D eigenvalue weighted by Gasteiger charge is -2.09. The zero-order valence-electron chi connectivity index (χ0n) is 15.8. The van der Waals surface area contributed by atoms with Crippen LogP contribution in [0.4, 0.5) is 0 Å². The number of nitrogens with one attached hydrogen (secondary N) is 1. The van der Waals surface area contributed by atoms with E-state index in [1.807, 2.05) is 50.2 Å². The van der Waals surface area contributed by atoms with Crippen molar-refractivity contribution in [2.75, 3.05) is 12.4 Å². The third-order valence-electron chi connectivity index (χ3n) is 4.20. The van der Waals surface area contributed by atoms with E-state index in [9.17, 15) is 15.2 Å². The predicted octanol–water partition coefficient (Wildman–Crippen LogP) is 5.07. The van der Waals surface area contributed by atoms with Crippen LogP contribution in [0, 0.1) is 25.2 Å². The lowest BCUT2D eigenvalue weighted by atomic mass is 10.2. The summed E-state index contributed by atoms with van der Waals surface area (Å²) < 4.78 is 6.15. The molecule has 8 heteroatoms. The number of halogens is 1. The van der Waals surface area contributed by atoms with Crippen molar-refractivity contribution < 1.29 is 14.6 Å². The molecule has 0 bridgehead atoms. The number of imidazole rings is 1. The van der Waals surface area contributed by atoms with Crippen LogP contribution >= 0.6 is 27.7 Å². The number of ether oxygens (including phenoxy) is 1. The molecule has 0 unspecified atom stereocenters. The Hall–Kier alpha value is -2.76. The summed E-state index contributed by atoms with van der Waals surface area (Å²) in [7, 11) is 0. The van der Waals surface area contributed by atoms with E-state index in [1.165, 1.54) is 11.8 Å². The molecule has 29 heavy (non-hydrogen) atoms. The molecular weight excluding hydrogens is 454 g/mol. The number of benzene rings is 2. The SMILES string of the molecule is Cc1cc(SCC(=O)OCC(O)=C(C#N)c2nc3ccccc3[nH]2)c(C)cc1Br. The lowest BCUT2D eigenvalue weighted by molar-refractivity contribution is -0.140. The highest BCUT2D eigenvalue weighted by Gasteiger charge is 2.15. The molecule has 0 aliphatic rings. The van der Waals surface area contributed by atoms with E-state index in [0.717, 1.165) is 26.0 Å². The Labute approximate surface area is 180 Å². The monoisotopic (exact) mass is 471 g/mol. The van der Waals surface area contributed by atoms with Gasteiger partial charge in [-0.3, -0.25) is 4.79 Å². The Bertz CT molecular complexity index is 1110. The number of nitriles is 1. The van der Waals surface area contributed by atoms with Crippen LogP contribution in [0.2, 0.25) is 0 Å². The maximum absolute atomic E-state index is 12.1. The first-order valence-corrected chi connectivity index (χ1v) is 10.5. The summed E-state index contributed by atoms with van der Waals surface area (Å²) in [5.41, 5.74) is 3.51. The molecule has 0 spiro atoms. The van der Waals surface area contributed by atoms with E-state index >= 15 is 0 Å². The van der Waals surface area contributed by atoms with Crippen molar-refractivity contribution in [2.45, 2.75) is 18.7 Å². The van der Waals surface area contributed by atoms with E-state index in [0.29, 0.717) is 5.52 Å². The van der Waals surface area contributed by atoms with E-state index in [1.54, 1.807) is 6.07 Å². The summed E-state index contributed by atoms with van der Waals surface area (Å²) >= 11 is 4.85. The van der Waals surface area contributed by atoms with Gasteiger partial charge in [-0.05, 0) is 49.2 Å². The second kappa shape index (κ2) is 9.16.